The predicted molar refractivity (Wildman–Crippen MR) is 138 cm³/mol. The van der Waals surface area contributed by atoms with E-state index in [1.165, 1.54) is 10.5 Å². The van der Waals surface area contributed by atoms with E-state index in [9.17, 15) is 14.7 Å². The molecule has 0 saturated carbocycles. The van der Waals surface area contributed by atoms with E-state index in [0.29, 0.717) is 17.9 Å². The highest BCUT2D eigenvalue weighted by Crippen LogP contribution is 2.30. The van der Waals surface area contributed by atoms with Crippen molar-refractivity contribution in [2.24, 2.45) is 5.92 Å². The summed E-state index contributed by atoms with van der Waals surface area (Å²) in [6.45, 7) is 14.7. The number of rotatable bonds is 6. The summed E-state index contributed by atoms with van der Waals surface area (Å²) in [6.07, 6.45) is 0.380. The standard InChI is InChI=1S/C14H20N2O4.C8H10ClN.2C2H6/c1-8(2)13(12-4-9(3)15-20-12)14(19)16-6-11(18)5-10(16)7-17;1-10-6-7-2-4-8(9)5-3-7;2*1-2/h4,7-8,10-11,13,18H,5-6H2,1-3H3;2-5,10H,6H2,1H3;2*1-2H3. The number of aliphatic hydroxyl groups excluding tert-OH is 1. The van der Waals surface area contributed by atoms with E-state index in [4.69, 9.17) is 16.1 Å². The van der Waals surface area contributed by atoms with Crippen LogP contribution in [0, 0.1) is 12.8 Å². The minimum Gasteiger partial charge on any atom is -0.391 e. The van der Waals surface area contributed by atoms with Crippen molar-refractivity contribution >= 4 is 23.8 Å². The van der Waals surface area contributed by atoms with Gasteiger partial charge in [-0.1, -0.05) is 70.4 Å². The molecule has 3 rings (SSSR count). The highest BCUT2D eigenvalue weighted by molar-refractivity contribution is 6.30. The van der Waals surface area contributed by atoms with Crippen molar-refractivity contribution in [2.75, 3.05) is 13.6 Å². The van der Waals surface area contributed by atoms with Crippen LogP contribution in [0.5, 0.6) is 0 Å². The molecule has 8 heteroatoms. The Bertz CT molecular complexity index is 824. The van der Waals surface area contributed by atoms with Crippen LogP contribution >= 0.6 is 11.6 Å². The fourth-order valence-electron chi connectivity index (χ4n) is 3.48. The summed E-state index contributed by atoms with van der Waals surface area (Å²) in [4.78, 5) is 25.2. The molecule has 0 bridgehead atoms. The Morgan fingerprint density at radius 2 is 1.85 bits per heavy atom. The first-order valence-electron chi connectivity index (χ1n) is 12.0. The number of carbonyl (C=O) groups is 2. The van der Waals surface area contributed by atoms with Crippen LogP contribution in [0.2, 0.25) is 5.02 Å². The number of aliphatic hydroxyl groups is 1. The number of amides is 1. The first-order valence-corrected chi connectivity index (χ1v) is 12.4. The molecule has 34 heavy (non-hydrogen) atoms. The van der Waals surface area contributed by atoms with Gasteiger partial charge in [0.1, 0.15) is 18.0 Å². The Balaban J connectivity index is 0.000000653. The fraction of sp³-hybridized carbons (Fsp3) is 0.577. The van der Waals surface area contributed by atoms with Crippen LogP contribution in [0.4, 0.5) is 0 Å². The SMILES string of the molecule is CC.CC.CNCc1ccc(Cl)cc1.Cc1cc(C(C(=O)N2CC(O)CC2C=O)C(C)C)on1. The van der Waals surface area contributed by atoms with Crippen LogP contribution in [0.1, 0.15) is 70.9 Å². The summed E-state index contributed by atoms with van der Waals surface area (Å²) >= 11 is 5.69. The summed E-state index contributed by atoms with van der Waals surface area (Å²) < 4.78 is 5.22. The van der Waals surface area contributed by atoms with Gasteiger partial charge < -0.3 is 24.6 Å². The van der Waals surface area contributed by atoms with E-state index in [1.807, 2.05) is 72.9 Å². The van der Waals surface area contributed by atoms with Crippen molar-refractivity contribution < 1.29 is 19.2 Å². The molecular weight excluding hydrogens is 454 g/mol. The number of hydrogen-bond acceptors (Lipinski definition) is 6. The molecule has 1 aliphatic heterocycles. The molecule has 2 N–H and O–H groups in total. The lowest BCUT2D eigenvalue weighted by Crippen LogP contribution is -2.41. The van der Waals surface area contributed by atoms with Crippen LogP contribution in [0.3, 0.4) is 0 Å². The van der Waals surface area contributed by atoms with E-state index in [-0.39, 0.29) is 18.4 Å². The quantitative estimate of drug-likeness (QED) is 0.548. The van der Waals surface area contributed by atoms with Crippen molar-refractivity contribution in [2.45, 2.75) is 79.5 Å². The van der Waals surface area contributed by atoms with Gasteiger partial charge in [-0.2, -0.15) is 0 Å². The summed E-state index contributed by atoms with van der Waals surface area (Å²) in [5.74, 6) is -0.151. The van der Waals surface area contributed by atoms with Gasteiger partial charge in [-0.25, -0.2) is 0 Å². The number of likely N-dealkylation sites (tertiary alicyclic amines) is 1. The monoisotopic (exact) mass is 495 g/mol. The highest BCUT2D eigenvalue weighted by Gasteiger charge is 2.39. The Kier molecular flexibility index (Phi) is 16.1. The largest absolute Gasteiger partial charge is 0.391 e. The maximum absolute atomic E-state index is 12.7. The zero-order chi connectivity index (χ0) is 26.3. The fourth-order valence-corrected chi connectivity index (χ4v) is 3.60. The van der Waals surface area contributed by atoms with Gasteiger partial charge in [-0.15, -0.1) is 0 Å². The molecule has 0 radical (unpaired) electrons. The lowest BCUT2D eigenvalue weighted by molar-refractivity contribution is -0.137. The van der Waals surface area contributed by atoms with Crippen LogP contribution in [0.15, 0.2) is 34.9 Å². The van der Waals surface area contributed by atoms with Gasteiger partial charge in [0, 0.05) is 30.6 Å². The second-order valence-corrected chi connectivity index (χ2v) is 8.27. The molecule has 1 fully saturated rings. The molecule has 1 aliphatic rings. The van der Waals surface area contributed by atoms with Crippen LogP contribution in [0.25, 0.3) is 0 Å². The first-order chi connectivity index (χ1) is 16.3. The van der Waals surface area contributed by atoms with Gasteiger partial charge >= 0.3 is 0 Å². The smallest absolute Gasteiger partial charge is 0.234 e. The molecule has 2 heterocycles. The molecule has 0 aliphatic carbocycles. The topological polar surface area (TPSA) is 95.7 Å². The number of β-amino-alcohol motifs (C(OH)–C–C–N with tert-alkyl or cyclic N) is 1. The van der Waals surface area contributed by atoms with Crippen LogP contribution in [-0.4, -0.2) is 53.1 Å². The minimum absolute atomic E-state index is 0.0138. The number of nitrogens with one attached hydrogen (secondary N) is 1. The van der Waals surface area contributed by atoms with Crippen molar-refractivity contribution in [3.63, 3.8) is 0 Å². The third kappa shape index (κ3) is 9.95. The molecule has 1 aromatic carbocycles. The van der Waals surface area contributed by atoms with Crippen molar-refractivity contribution in [1.29, 1.82) is 0 Å². The lowest BCUT2D eigenvalue weighted by atomic mass is 9.91. The Hall–Kier alpha value is -2.22. The molecule has 1 aromatic heterocycles. The third-order valence-electron chi connectivity index (χ3n) is 4.94. The Morgan fingerprint density at radius 3 is 2.29 bits per heavy atom. The maximum atomic E-state index is 12.7. The first kappa shape index (κ1) is 31.8. The van der Waals surface area contributed by atoms with Crippen LogP contribution < -0.4 is 5.32 Å². The summed E-state index contributed by atoms with van der Waals surface area (Å²) in [5, 5.41) is 17.3. The van der Waals surface area contributed by atoms with Gasteiger partial charge in [0.25, 0.3) is 0 Å². The van der Waals surface area contributed by atoms with Crippen LogP contribution in [-0.2, 0) is 16.1 Å². The second-order valence-electron chi connectivity index (χ2n) is 7.83. The zero-order valence-electron chi connectivity index (χ0n) is 21.8. The maximum Gasteiger partial charge on any atom is 0.234 e. The molecule has 192 valence electrons. The number of benzene rings is 1. The number of carbonyl (C=O) groups excluding carboxylic acids is 2. The normalized spacial score (nSPS) is 17.4. The van der Waals surface area contributed by atoms with Gasteiger partial charge in [0.05, 0.1) is 17.8 Å². The molecule has 1 amide bonds. The summed E-state index contributed by atoms with van der Waals surface area (Å²) in [5.41, 5.74) is 1.97. The molecule has 0 spiro atoms. The number of aldehydes is 1. The van der Waals surface area contributed by atoms with E-state index in [1.54, 1.807) is 13.0 Å². The van der Waals surface area contributed by atoms with Crippen molar-refractivity contribution in [1.82, 2.24) is 15.4 Å². The highest BCUT2D eigenvalue weighted by atomic mass is 35.5. The predicted octanol–water partition coefficient (Wildman–Crippen LogP) is 5.00. The van der Waals surface area contributed by atoms with Crippen molar-refractivity contribution in [3.8, 4) is 0 Å². The van der Waals surface area contributed by atoms with Gasteiger partial charge in [0.15, 0.2) is 0 Å². The third-order valence-corrected chi connectivity index (χ3v) is 5.19. The molecule has 1 saturated heterocycles. The molecule has 7 nitrogen and oxygen atoms in total. The molecule has 3 unspecified atom stereocenters. The van der Waals surface area contributed by atoms with Gasteiger partial charge in [-0.05, 0) is 37.6 Å². The number of hydrogen-bond donors (Lipinski definition) is 2. The number of nitrogens with zero attached hydrogens (tertiary/aromatic N) is 2. The van der Waals surface area contributed by atoms with Crippen molar-refractivity contribution in [3.05, 3.63) is 52.4 Å². The second kappa shape index (κ2) is 17.2. The Morgan fingerprint density at radius 1 is 1.26 bits per heavy atom. The van der Waals surface area contributed by atoms with Gasteiger partial charge in [-0.3, -0.25) is 4.79 Å². The zero-order valence-corrected chi connectivity index (χ0v) is 22.6. The number of aryl methyl sites for hydroxylation is 1. The molecular formula is C26H42ClN3O4. The molecule has 3 atom stereocenters. The summed E-state index contributed by atoms with van der Waals surface area (Å²) in [6, 6.07) is 9.01. The average Bonchev–Trinajstić information content (AvgIpc) is 3.43. The molecule has 2 aromatic rings. The van der Waals surface area contributed by atoms with E-state index < -0.39 is 18.1 Å². The van der Waals surface area contributed by atoms with E-state index >= 15 is 0 Å². The van der Waals surface area contributed by atoms with Gasteiger partial charge in [0.2, 0.25) is 5.91 Å². The lowest BCUT2D eigenvalue weighted by Gasteiger charge is -2.26. The summed E-state index contributed by atoms with van der Waals surface area (Å²) in [7, 11) is 1.93. The minimum atomic E-state index is -0.640. The van der Waals surface area contributed by atoms with E-state index in [2.05, 4.69) is 10.5 Å². The Labute approximate surface area is 209 Å². The van der Waals surface area contributed by atoms with E-state index in [0.717, 1.165) is 17.9 Å². The number of aromatic nitrogens is 1. The number of halogens is 1. The average molecular weight is 496 g/mol.